The van der Waals surface area contributed by atoms with Crippen molar-refractivity contribution in [1.82, 2.24) is 24.4 Å². The molecule has 166 valence electrons. The van der Waals surface area contributed by atoms with Gasteiger partial charge >= 0.3 is 0 Å². The van der Waals surface area contributed by atoms with E-state index in [-0.39, 0.29) is 6.54 Å². The third kappa shape index (κ3) is 5.00. The van der Waals surface area contributed by atoms with E-state index in [1.54, 1.807) is 23.1 Å². The van der Waals surface area contributed by atoms with Crippen LogP contribution in [0.3, 0.4) is 0 Å². The van der Waals surface area contributed by atoms with E-state index < -0.39 is 11.7 Å². The molecule has 9 nitrogen and oxygen atoms in total. The number of hydrogen-bond donors (Lipinski definition) is 3. The summed E-state index contributed by atoms with van der Waals surface area (Å²) in [6.07, 6.45) is 11.3. The van der Waals surface area contributed by atoms with Gasteiger partial charge in [-0.05, 0) is 32.8 Å². The normalized spacial score (nSPS) is 14.2. The minimum Gasteiger partial charge on any atom is -0.404 e. The van der Waals surface area contributed by atoms with Gasteiger partial charge in [-0.3, -0.25) is 9.67 Å². The zero-order valence-corrected chi connectivity index (χ0v) is 18.5. The Morgan fingerprint density at radius 3 is 2.65 bits per heavy atom. The maximum Gasteiger partial charge on any atom is 0.102 e. The van der Waals surface area contributed by atoms with Crippen molar-refractivity contribution in [2.45, 2.75) is 58.3 Å². The highest BCUT2D eigenvalue weighted by Crippen LogP contribution is 2.26. The molecule has 0 radical (unpaired) electrons. The van der Waals surface area contributed by atoms with E-state index in [2.05, 4.69) is 29.0 Å². The molecule has 0 bridgehead atoms. The molecule has 0 aliphatic rings. The number of aliphatic hydroxyl groups is 2. The molecule has 31 heavy (non-hydrogen) atoms. The predicted octanol–water partition coefficient (Wildman–Crippen LogP) is 2.46. The minimum absolute atomic E-state index is 0.0416. The van der Waals surface area contributed by atoms with Gasteiger partial charge in [-0.1, -0.05) is 13.8 Å². The van der Waals surface area contributed by atoms with Crippen LogP contribution in [0.5, 0.6) is 0 Å². The molecule has 4 N–H and O–H groups in total. The van der Waals surface area contributed by atoms with Crippen molar-refractivity contribution in [3.8, 4) is 11.3 Å². The van der Waals surface area contributed by atoms with E-state index >= 15 is 0 Å². The van der Waals surface area contributed by atoms with Crippen LogP contribution in [0.2, 0.25) is 0 Å². The molecular weight excluding hydrogens is 394 g/mol. The van der Waals surface area contributed by atoms with Crippen molar-refractivity contribution in [1.29, 1.82) is 0 Å². The fourth-order valence-electron chi connectivity index (χ4n) is 3.27. The Balaban J connectivity index is 1.96. The SMILES string of the molecule is CCC(CC)n1cc(-c2nc(C(C=NCC(O)C(C)(C)O)=CN)cn3nccc23)cn1. The third-order valence-corrected chi connectivity index (χ3v) is 5.38. The van der Waals surface area contributed by atoms with Gasteiger partial charge in [-0.2, -0.15) is 10.2 Å². The summed E-state index contributed by atoms with van der Waals surface area (Å²) >= 11 is 0. The van der Waals surface area contributed by atoms with Gasteiger partial charge in [0, 0.05) is 29.7 Å². The fraction of sp³-hybridized carbons (Fsp3) is 0.455. The summed E-state index contributed by atoms with van der Waals surface area (Å²) in [5.74, 6) is 0. The van der Waals surface area contributed by atoms with Crippen LogP contribution in [-0.4, -0.2) is 59.1 Å². The number of aliphatic imine (C=N–C) groups is 1. The molecule has 3 aromatic rings. The molecule has 3 rings (SSSR count). The van der Waals surface area contributed by atoms with Gasteiger partial charge in [0.2, 0.25) is 0 Å². The maximum atomic E-state index is 9.98. The second-order valence-corrected chi connectivity index (χ2v) is 8.10. The molecule has 3 aromatic heterocycles. The molecule has 0 amide bonds. The first-order chi connectivity index (χ1) is 14.8. The van der Waals surface area contributed by atoms with Gasteiger partial charge in [0.25, 0.3) is 0 Å². The van der Waals surface area contributed by atoms with E-state index in [1.807, 2.05) is 23.1 Å². The molecule has 3 heterocycles. The van der Waals surface area contributed by atoms with E-state index in [4.69, 9.17) is 10.7 Å². The number of hydrogen-bond acceptors (Lipinski definition) is 7. The molecule has 0 aliphatic carbocycles. The van der Waals surface area contributed by atoms with Crippen molar-refractivity contribution in [3.63, 3.8) is 0 Å². The Hall–Kier alpha value is -3.04. The van der Waals surface area contributed by atoms with Crippen LogP contribution in [0.15, 0.2) is 42.0 Å². The molecule has 0 aromatic carbocycles. The highest BCUT2D eigenvalue weighted by Gasteiger charge is 2.23. The molecular formula is C22H31N7O2. The highest BCUT2D eigenvalue weighted by atomic mass is 16.3. The van der Waals surface area contributed by atoms with Gasteiger partial charge in [0.05, 0.1) is 53.7 Å². The Morgan fingerprint density at radius 2 is 2.00 bits per heavy atom. The van der Waals surface area contributed by atoms with Crippen LogP contribution in [0.25, 0.3) is 22.3 Å². The van der Waals surface area contributed by atoms with Crippen LogP contribution in [0.4, 0.5) is 0 Å². The summed E-state index contributed by atoms with van der Waals surface area (Å²) in [4.78, 5) is 9.06. The Labute approximate surface area is 181 Å². The topological polar surface area (TPSA) is 127 Å². The van der Waals surface area contributed by atoms with Crippen molar-refractivity contribution < 1.29 is 10.2 Å². The number of fused-ring (bicyclic) bond motifs is 1. The quantitative estimate of drug-likeness (QED) is 0.452. The summed E-state index contributed by atoms with van der Waals surface area (Å²) in [5, 5.41) is 28.8. The minimum atomic E-state index is -1.24. The van der Waals surface area contributed by atoms with Crippen LogP contribution in [0.1, 0.15) is 52.3 Å². The molecule has 1 atom stereocenters. The molecule has 0 aliphatic heterocycles. The average Bonchev–Trinajstić information content (AvgIpc) is 3.40. The summed E-state index contributed by atoms with van der Waals surface area (Å²) in [6, 6.07) is 2.24. The van der Waals surface area contributed by atoms with Crippen molar-refractivity contribution in [3.05, 3.63) is 42.7 Å². The lowest BCUT2D eigenvalue weighted by atomic mass is 10.0. The number of aliphatic hydroxyl groups excluding tert-OH is 1. The summed E-state index contributed by atoms with van der Waals surface area (Å²) in [7, 11) is 0. The van der Waals surface area contributed by atoms with Gasteiger partial charge in [-0.15, -0.1) is 0 Å². The summed E-state index contributed by atoms with van der Waals surface area (Å²) in [5.41, 5.74) is 8.27. The average molecular weight is 426 g/mol. The Morgan fingerprint density at radius 1 is 1.26 bits per heavy atom. The number of allylic oxidation sites excluding steroid dienone is 1. The fourth-order valence-corrected chi connectivity index (χ4v) is 3.27. The van der Waals surface area contributed by atoms with E-state index in [0.717, 1.165) is 29.6 Å². The Kier molecular flexibility index (Phi) is 6.87. The summed E-state index contributed by atoms with van der Waals surface area (Å²) < 4.78 is 3.73. The van der Waals surface area contributed by atoms with E-state index in [1.165, 1.54) is 20.0 Å². The van der Waals surface area contributed by atoms with Gasteiger partial charge in [0.15, 0.2) is 0 Å². The van der Waals surface area contributed by atoms with Gasteiger partial charge in [-0.25, -0.2) is 9.50 Å². The molecule has 0 saturated heterocycles. The van der Waals surface area contributed by atoms with Crippen molar-refractivity contribution >= 4 is 17.3 Å². The van der Waals surface area contributed by atoms with Crippen LogP contribution in [0, 0.1) is 0 Å². The lowest BCUT2D eigenvalue weighted by molar-refractivity contribution is -0.0420. The van der Waals surface area contributed by atoms with E-state index in [9.17, 15) is 10.2 Å². The highest BCUT2D eigenvalue weighted by molar-refractivity contribution is 6.09. The molecule has 9 heteroatoms. The van der Waals surface area contributed by atoms with Crippen LogP contribution >= 0.6 is 0 Å². The van der Waals surface area contributed by atoms with Crippen LogP contribution in [-0.2, 0) is 0 Å². The Bertz CT molecular complexity index is 1070. The number of nitrogens with zero attached hydrogens (tertiary/aromatic N) is 6. The first kappa shape index (κ1) is 22.6. The zero-order chi connectivity index (χ0) is 22.6. The lowest BCUT2D eigenvalue weighted by Gasteiger charge is -2.22. The lowest BCUT2D eigenvalue weighted by Crippen LogP contribution is -2.38. The van der Waals surface area contributed by atoms with Crippen molar-refractivity contribution in [2.75, 3.05) is 6.54 Å². The van der Waals surface area contributed by atoms with Crippen molar-refractivity contribution in [2.24, 2.45) is 10.7 Å². The monoisotopic (exact) mass is 425 g/mol. The second-order valence-electron chi connectivity index (χ2n) is 8.10. The molecule has 1 unspecified atom stereocenters. The number of rotatable bonds is 9. The number of nitrogens with two attached hydrogens (primary N) is 1. The molecule has 0 saturated carbocycles. The van der Waals surface area contributed by atoms with Gasteiger partial charge in [0.1, 0.15) is 6.10 Å². The predicted molar refractivity (Wildman–Crippen MR) is 122 cm³/mol. The standard InChI is InChI=1S/C22H31N7O2/c1-5-17(6-2)28-13-16(11-26-28)21-19-7-8-25-29(19)14-18(27-21)15(9-23)10-24-12-20(30)22(3,4)31/h7-11,13-14,17,20,30-31H,5-6,12,23H2,1-4H3. The van der Waals surface area contributed by atoms with Gasteiger partial charge < -0.3 is 15.9 Å². The second kappa shape index (κ2) is 9.40. The first-order valence-electron chi connectivity index (χ1n) is 10.5. The molecule has 0 spiro atoms. The van der Waals surface area contributed by atoms with Crippen LogP contribution < -0.4 is 5.73 Å². The number of aromatic nitrogens is 5. The zero-order valence-electron chi connectivity index (χ0n) is 18.5. The van der Waals surface area contributed by atoms with E-state index in [0.29, 0.717) is 17.3 Å². The molecule has 0 fully saturated rings. The largest absolute Gasteiger partial charge is 0.404 e. The summed E-state index contributed by atoms with van der Waals surface area (Å²) in [6.45, 7) is 7.41. The smallest absolute Gasteiger partial charge is 0.102 e. The maximum absolute atomic E-state index is 9.98. The first-order valence-corrected chi connectivity index (χ1v) is 10.5. The third-order valence-electron chi connectivity index (χ3n) is 5.38.